The van der Waals surface area contributed by atoms with Crippen molar-refractivity contribution in [2.45, 2.75) is 24.9 Å². The maximum absolute atomic E-state index is 2.88. The second-order valence-electron chi connectivity index (χ2n) is 2.28. The van der Waals surface area contributed by atoms with Crippen molar-refractivity contribution < 1.29 is 0 Å². The van der Waals surface area contributed by atoms with Gasteiger partial charge in [-0.3, -0.25) is 0 Å². The molecule has 4 atom stereocenters. The lowest BCUT2D eigenvalue weighted by Crippen LogP contribution is -1.97. The van der Waals surface area contributed by atoms with Crippen LogP contribution < -0.4 is 0 Å². The van der Waals surface area contributed by atoms with Crippen LogP contribution in [0, 0.1) is 0 Å². The third kappa shape index (κ3) is 7.18. The van der Waals surface area contributed by atoms with Crippen molar-refractivity contribution in [1.82, 2.24) is 0 Å². The molecule has 0 rings (SSSR count). The molecule has 9 heavy (non-hydrogen) atoms. The summed E-state index contributed by atoms with van der Waals surface area (Å²) in [6.45, 7) is 0. The molecule has 0 saturated carbocycles. The topological polar surface area (TPSA) is 0 Å². The van der Waals surface area contributed by atoms with E-state index in [1.165, 1.54) is 31.6 Å². The third-order valence-corrected chi connectivity index (χ3v) is 3.50. The summed E-state index contributed by atoms with van der Waals surface area (Å²) in [5, 5.41) is 0. The molecule has 0 bridgehead atoms. The number of rotatable bonds is 5. The molecule has 0 aromatic carbocycles. The molecule has 0 saturated heterocycles. The van der Waals surface area contributed by atoms with Crippen LogP contribution in [0.4, 0.5) is 0 Å². The molecule has 0 aliphatic carbocycles. The van der Waals surface area contributed by atoms with Gasteiger partial charge in [0.15, 0.2) is 0 Å². The van der Waals surface area contributed by atoms with Gasteiger partial charge in [-0.1, -0.05) is 6.42 Å². The van der Waals surface area contributed by atoms with E-state index in [0.29, 0.717) is 0 Å². The fourth-order valence-electron chi connectivity index (χ4n) is 0.669. The van der Waals surface area contributed by atoms with Crippen molar-refractivity contribution in [2.24, 2.45) is 0 Å². The van der Waals surface area contributed by atoms with Crippen LogP contribution in [0.3, 0.4) is 0 Å². The molecule has 0 aliphatic heterocycles. The zero-order valence-electron chi connectivity index (χ0n) is 5.84. The summed E-state index contributed by atoms with van der Waals surface area (Å²) in [7, 11) is 8.42. The Morgan fingerprint density at radius 2 is 1.78 bits per heavy atom. The van der Waals surface area contributed by atoms with E-state index >= 15 is 0 Å². The summed E-state index contributed by atoms with van der Waals surface area (Å²) in [4.78, 5) is 0. The van der Waals surface area contributed by atoms with E-state index in [1.54, 1.807) is 0 Å². The zero-order valence-corrected chi connectivity index (χ0v) is 9.31. The van der Waals surface area contributed by atoms with Crippen LogP contribution in [-0.4, -0.2) is 18.0 Å². The lowest BCUT2D eigenvalue weighted by Gasteiger charge is -2.05. The molecule has 56 valence electrons. The molecular formula is C6H17P3. The number of hydrogen-bond donors (Lipinski definition) is 0. The Balaban J connectivity index is 2.88. The van der Waals surface area contributed by atoms with E-state index in [-0.39, 0.29) is 0 Å². The van der Waals surface area contributed by atoms with Crippen molar-refractivity contribution in [1.29, 1.82) is 0 Å². The van der Waals surface area contributed by atoms with Gasteiger partial charge in [0.25, 0.3) is 0 Å². The predicted molar refractivity (Wildman–Crippen MR) is 56.5 cm³/mol. The summed E-state index contributed by atoms with van der Waals surface area (Å²) in [6.07, 6.45) is 6.59. The molecule has 0 spiro atoms. The first kappa shape index (κ1) is 10.3. The monoisotopic (exact) mass is 182 g/mol. The van der Waals surface area contributed by atoms with Gasteiger partial charge in [0, 0.05) is 0 Å². The Kier molecular flexibility index (Phi) is 8.46. The fraction of sp³-hybridized carbons (Fsp3) is 1.00. The quantitative estimate of drug-likeness (QED) is 0.451. The van der Waals surface area contributed by atoms with Crippen LogP contribution in [0.25, 0.3) is 0 Å². The van der Waals surface area contributed by atoms with Gasteiger partial charge in [-0.2, -0.15) is 0 Å². The van der Waals surface area contributed by atoms with Crippen LogP contribution in [0.1, 0.15) is 19.3 Å². The fourth-order valence-corrected chi connectivity index (χ4v) is 1.43. The summed E-state index contributed by atoms with van der Waals surface area (Å²) in [5.41, 5.74) is 0.826. The second-order valence-corrected chi connectivity index (χ2v) is 4.27. The molecular weight excluding hydrogens is 165 g/mol. The highest BCUT2D eigenvalue weighted by Gasteiger charge is 1.96. The summed E-state index contributed by atoms with van der Waals surface area (Å²) >= 11 is 0. The lowest BCUT2D eigenvalue weighted by atomic mass is 10.2. The standard InChI is InChI=1S/C6H17P3/c7-4-2-1-3-6(9)5-8/h6H,1-5,7-9H2. The zero-order chi connectivity index (χ0) is 7.11. The van der Waals surface area contributed by atoms with E-state index < -0.39 is 0 Å². The first-order valence-corrected chi connectivity index (χ1v) is 5.77. The van der Waals surface area contributed by atoms with Gasteiger partial charge in [0.05, 0.1) is 0 Å². The Hall–Kier alpha value is 1.29. The molecule has 3 heteroatoms. The lowest BCUT2D eigenvalue weighted by molar-refractivity contribution is 0.722. The van der Waals surface area contributed by atoms with E-state index in [2.05, 4.69) is 27.7 Å². The molecule has 0 aromatic heterocycles. The van der Waals surface area contributed by atoms with Crippen molar-refractivity contribution in [2.75, 3.05) is 12.3 Å². The van der Waals surface area contributed by atoms with Crippen LogP contribution in [0.2, 0.25) is 0 Å². The van der Waals surface area contributed by atoms with E-state index in [1.807, 2.05) is 0 Å². The highest BCUT2D eigenvalue weighted by molar-refractivity contribution is 7.22. The average Bonchev–Trinajstić information content (AvgIpc) is 1.89. The molecule has 0 N–H and O–H groups in total. The van der Waals surface area contributed by atoms with Gasteiger partial charge in [0.1, 0.15) is 0 Å². The molecule has 0 heterocycles. The maximum Gasteiger partial charge on any atom is -0.0230 e. The minimum Gasteiger partial charge on any atom is -0.138 e. The van der Waals surface area contributed by atoms with Gasteiger partial charge in [-0.25, -0.2) is 0 Å². The Morgan fingerprint density at radius 1 is 1.11 bits per heavy atom. The molecule has 0 aromatic rings. The minimum atomic E-state index is 0.826. The molecule has 0 aliphatic rings. The van der Waals surface area contributed by atoms with Crippen LogP contribution in [0.15, 0.2) is 0 Å². The van der Waals surface area contributed by atoms with Gasteiger partial charge < -0.3 is 0 Å². The first-order valence-electron chi connectivity index (χ1n) is 3.47. The van der Waals surface area contributed by atoms with Crippen LogP contribution in [0.5, 0.6) is 0 Å². The summed E-state index contributed by atoms with van der Waals surface area (Å²) < 4.78 is 0. The van der Waals surface area contributed by atoms with Gasteiger partial charge in [-0.15, -0.1) is 27.7 Å². The Morgan fingerprint density at radius 3 is 2.22 bits per heavy atom. The van der Waals surface area contributed by atoms with E-state index in [0.717, 1.165) is 5.66 Å². The second kappa shape index (κ2) is 7.40. The smallest absolute Gasteiger partial charge is 0.0230 e. The SMILES string of the molecule is PCCCCC(P)CP. The summed E-state index contributed by atoms with van der Waals surface area (Å²) in [6, 6.07) is 0. The molecule has 0 fully saturated rings. The highest BCUT2D eigenvalue weighted by Crippen LogP contribution is 2.12. The number of unbranched alkanes of at least 4 members (excludes halogenated alkanes) is 1. The van der Waals surface area contributed by atoms with E-state index in [9.17, 15) is 0 Å². The predicted octanol–water partition coefficient (Wildman–Crippen LogP) is 2.15. The van der Waals surface area contributed by atoms with Crippen LogP contribution >= 0.6 is 27.7 Å². The van der Waals surface area contributed by atoms with Crippen molar-refractivity contribution in [3.05, 3.63) is 0 Å². The first-order chi connectivity index (χ1) is 4.31. The van der Waals surface area contributed by atoms with E-state index in [4.69, 9.17) is 0 Å². The number of hydrogen-bond acceptors (Lipinski definition) is 0. The summed E-state index contributed by atoms with van der Waals surface area (Å²) in [5.74, 6) is 0. The van der Waals surface area contributed by atoms with Crippen LogP contribution in [-0.2, 0) is 0 Å². The third-order valence-electron chi connectivity index (χ3n) is 1.33. The Bertz CT molecular complexity index is 56.3. The minimum absolute atomic E-state index is 0.826. The Labute approximate surface area is 65.6 Å². The van der Waals surface area contributed by atoms with Gasteiger partial charge in [0.2, 0.25) is 0 Å². The molecule has 0 nitrogen and oxygen atoms in total. The van der Waals surface area contributed by atoms with Gasteiger partial charge >= 0.3 is 0 Å². The highest BCUT2D eigenvalue weighted by atomic mass is 31.0. The largest absolute Gasteiger partial charge is 0.138 e. The van der Waals surface area contributed by atoms with Crippen molar-refractivity contribution in [3.8, 4) is 0 Å². The maximum atomic E-state index is 2.88. The molecule has 0 amide bonds. The molecule has 0 radical (unpaired) electrons. The van der Waals surface area contributed by atoms with Crippen molar-refractivity contribution in [3.63, 3.8) is 0 Å². The van der Waals surface area contributed by atoms with Crippen molar-refractivity contribution >= 4 is 27.7 Å². The average molecular weight is 182 g/mol. The normalized spacial score (nSPS) is 13.7. The van der Waals surface area contributed by atoms with Gasteiger partial charge in [-0.05, 0) is 30.8 Å². The molecule has 4 unspecified atom stereocenters.